The van der Waals surface area contributed by atoms with Crippen molar-refractivity contribution in [3.63, 3.8) is 0 Å². The topological polar surface area (TPSA) is 34.1 Å². The Hall–Kier alpha value is -2.22. The summed E-state index contributed by atoms with van der Waals surface area (Å²) in [5, 5.41) is 0. The monoisotopic (exact) mass is 380 g/mol. The molecule has 152 valence electrons. The first-order valence-electron chi connectivity index (χ1n) is 10.3. The summed E-state index contributed by atoms with van der Waals surface area (Å²) in [6.07, 6.45) is 16.5. The molecular weight excluding hydrogens is 344 g/mol. The van der Waals surface area contributed by atoms with Gasteiger partial charge in [-0.1, -0.05) is 46.1 Å². The fourth-order valence-electron chi connectivity index (χ4n) is 3.06. The highest BCUT2D eigenvalue weighted by Crippen LogP contribution is 2.25. The van der Waals surface area contributed by atoms with Gasteiger partial charge in [0.05, 0.1) is 0 Å². The molecule has 1 aliphatic rings. The van der Waals surface area contributed by atoms with Crippen molar-refractivity contribution < 1.29 is 9.59 Å². The highest BCUT2D eigenvalue weighted by molar-refractivity contribution is 6.17. The van der Waals surface area contributed by atoms with E-state index in [0.29, 0.717) is 12.0 Å². The molecule has 0 unspecified atom stereocenters. The smallest absolute Gasteiger partial charge is 0.182 e. The van der Waals surface area contributed by atoms with Gasteiger partial charge in [0.2, 0.25) is 0 Å². The van der Waals surface area contributed by atoms with Crippen molar-refractivity contribution in [2.24, 2.45) is 0 Å². The number of rotatable bonds is 10. The Balaban J connectivity index is 2.94. The minimum Gasteiger partial charge on any atom is -0.290 e. The summed E-state index contributed by atoms with van der Waals surface area (Å²) in [7, 11) is 0. The molecular formula is C26H36O2. The van der Waals surface area contributed by atoms with Crippen LogP contribution in [0.25, 0.3) is 0 Å². The molecule has 0 heterocycles. The summed E-state index contributed by atoms with van der Waals surface area (Å²) in [5.41, 5.74) is 7.23. The Kier molecular flexibility index (Phi) is 10.4. The van der Waals surface area contributed by atoms with Crippen LogP contribution < -0.4 is 0 Å². The second-order valence-corrected chi connectivity index (χ2v) is 8.23. The molecule has 2 heteroatoms. The van der Waals surface area contributed by atoms with Crippen LogP contribution in [0.1, 0.15) is 80.1 Å². The second-order valence-electron chi connectivity index (χ2n) is 8.23. The standard InChI is InChI=1S/C26H36O2/c1-19(2)9-7-11-21(5)13-14-23(22(6)12-8-10-20(3)4)17-24-18-25(27)15-16-26(24)28/h9-10,13,15-16,18H,7-8,11-12,14,17H2,1-6H3/b21-13+,23-22+. The SMILES string of the molecule is CC(C)=CCC/C(C)=C/C/C(CC1=CC(=O)C=CC1=O)=C(/C)CCC=C(C)C. The van der Waals surface area contributed by atoms with E-state index in [1.54, 1.807) is 0 Å². The molecule has 0 bridgehead atoms. The Morgan fingerprint density at radius 3 is 2.04 bits per heavy atom. The number of carbonyl (C=O) groups is 2. The second kappa shape index (κ2) is 12.3. The van der Waals surface area contributed by atoms with E-state index in [9.17, 15) is 9.59 Å². The van der Waals surface area contributed by atoms with Crippen molar-refractivity contribution in [1.29, 1.82) is 0 Å². The molecule has 0 spiro atoms. The van der Waals surface area contributed by atoms with Gasteiger partial charge in [-0.05, 0) is 98.3 Å². The van der Waals surface area contributed by atoms with E-state index in [1.807, 2.05) is 0 Å². The lowest BCUT2D eigenvalue weighted by atomic mass is 9.90. The van der Waals surface area contributed by atoms with Crippen molar-refractivity contribution in [2.45, 2.75) is 80.1 Å². The van der Waals surface area contributed by atoms with Gasteiger partial charge in [0.25, 0.3) is 0 Å². The largest absolute Gasteiger partial charge is 0.290 e. The molecule has 0 N–H and O–H groups in total. The summed E-state index contributed by atoms with van der Waals surface area (Å²) < 4.78 is 0. The van der Waals surface area contributed by atoms with Gasteiger partial charge in [-0.2, -0.15) is 0 Å². The average molecular weight is 381 g/mol. The van der Waals surface area contributed by atoms with Gasteiger partial charge in [-0.15, -0.1) is 0 Å². The van der Waals surface area contributed by atoms with Crippen LogP contribution in [0, 0.1) is 0 Å². The normalized spacial score (nSPS) is 15.2. The van der Waals surface area contributed by atoms with Crippen LogP contribution in [0.4, 0.5) is 0 Å². The molecule has 2 nitrogen and oxygen atoms in total. The summed E-state index contributed by atoms with van der Waals surface area (Å²) in [5.74, 6) is -0.136. The van der Waals surface area contributed by atoms with Crippen molar-refractivity contribution >= 4 is 11.6 Å². The van der Waals surface area contributed by atoms with Crippen LogP contribution in [-0.4, -0.2) is 11.6 Å². The number of ketones is 2. The van der Waals surface area contributed by atoms with Gasteiger partial charge in [0.1, 0.15) is 0 Å². The highest BCUT2D eigenvalue weighted by Gasteiger charge is 2.15. The predicted octanol–water partition coefficient (Wildman–Crippen LogP) is 7.16. The lowest BCUT2D eigenvalue weighted by Crippen LogP contribution is -2.09. The summed E-state index contributed by atoms with van der Waals surface area (Å²) in [4.78, 5) is 23.9. The molecule has 0 radical (unpaired) electrons. The van der Waals surface area contributed by atoms with E-state index in [4.69, 9.17) is 0 Å². The summed E-state index contributed by atoms with van der Waals surface area (Å²) in [6, 6.07) is 0. The van der Waals surface area contributed by atoms with Crippen molar-refractivity contribution in [2.75, 3.05) is 0 Å². The van der Waals surface area contributed by atoms with E-state index >= 15 is 0 Å². The molecule has 0 atom stereocenters. The number of hydrogen-bond donors (Lipinski definition) is 0. The zero-order valence-electron chi connectivity index (χ0n) is 18.5. The summed E-state index contributed by atoms with van der Waals surface area (Å²) in [6.45, 7) is 12.8. The number of carbonyl (C=O) groups excluding carboxylic acids is 2. The van der Waals surface area contributed by atoms with Gasteiger partial charge in [-0.25, -0.2) is 0 Å². The van der Waals surface area contributed by atoms with Gasteiger partial charge in [-0.3, -0.25) is 9.59 Å². The molecule has 0 saturated carbocycles. The maximum absolute atomic E-state index is 12.2. The average Bonchev–Trinajstić information content (AvgIpc) is 2.60. The molecule has 28 heavy (non-hydrogen) atoms. The summed E-state index contributed by atoms with van der Waals surface area (Å²) >= 11 is 0. The minimum absolute atomic E-state index is 0.0431. The Morgan fingerprint density at radius 1 is 0.821 bits per heavy atom. The van der Waals surface area contributed by atoms with Crippen molar-refractivity contribution in [1.82, 2.24) is 0 Å². The lowest BCUT2D eigenvalue weighted by Gasteiger charge is -2.14. The Bertz CT molecular complexity index is 756. The van der Waals surface area contributed by atoms with Gasteiger partial charge >= 0.3 is 0 Å². The number of hydrogen-bond acceptors (Lipinski definition) is 2. The Labute approximate surface area is 171 Å². The molecule has 0 aromatic carbocycles. The third kappa shape index (κ3) is 9.64. The predicted molar refractivity (Wildman–Crippen MR) is 120 cm³/mol. The minimum atomic E-state index is -0.0930. The van der Waals surface area contributed by atoms with E-state index < -0.39 is 0 Å². The Morgan fingerprint density at radius 2 is 1.43 bits per heavy atom. The maximum atomic E-state index is 12.2. The van der Waals surface area contributed by atoms with E-state index in [1.165, 1.54) is 46.1 Å². The van der Waals surface area contributed by atoms with E-state index in [-0.39, 0.29) is 11.6 Å². The molecule has 0 aliphatic heterocycles. The maximum Gasteiger partial charge on any atom is 0.182 e. The van der Waals surface area contributed by atoms with Crippen LogP contribution in [0.3, 0.4) is 0 Å². The van der Waals surface area contributed by atoms with Crippen molar-refractivity contribution in [3.05, 3.63) is 69.9 Å². The highest BCUT2D eigenvalue weighted by atomic mass is 16.1. The van der Waals surface area contributed by atoms with Crippen LogP contribution in [0.15, 0.2) is 69.9 Å². The van der Waals surface area contributed by atoms with Crippen LogP contribution in [0.5, 0.6) is 0 Å². The van der Waals surface area contributed by atoms with Gasteiger partial charge in [0.15, 0.2) is 11.6 Å². The molecule has 0 amide bonds. The molecule has 0 fully saturated rings. The number of allylic oxidation sites excluding steroid dienone is 12. The quantitative estimate of drug-likeness (QED) is 0.298. The first kappa shape index (κ1) is 23.8. The molecule has 0 aromatic heterocycles. The first-order valence-corrected chi connectivity index (χ1v) is 10.3. The molecule has 1 rings (SSSR count). The van der Waals surface area contributed by atoms with Gasteiger partial charge < -0.3 is 0 Å². The van der Waals surface area contributed by atoms with E-state index in [0.717, 1.165) is 32.1 Å². The lowest BCUT2D eigenvalue weighted by molar-refractivity contribution is -0.114. The fraction of sp³-hybridized carbons (Fsp3) is 0.462. The van der Waals surface area contributed by atoms with Crippen LogP contribution in [-0.2, 0) is 9.59 Å². The zero-order valence-corrected chi connectivity index (χ0v) is 18.5. The third-order valence-corrected chi connectivity index (χ3v) is 4.90. The van der Waals surface area contributed by atoms with Crippen LogP contribution >= 0.6 is 0 Å². The van der Waals surface area contributed by atoms with Crippen molar-refractivity contribution in [3.8, 4) is 0 Å². The van der Waals surface area contributed by atoms with E-state index in [2.05, 4.69) is 59.8 Å². The van der Waals surface area contributed by atoms with Gasteiger partial charge in [0, 0.05) is 5.57 Å². The third-order valence-electron chi connectivity index (χ3n) is 4.90. The van der Waals surface area contributed by atoms with Crippen LogP contribution in [0.2, 0.25) is 0 Å². The molecule has 0 aromatic rings. The zero-order chi connectivity index (χ0) is 21.1. The first-order chi connectivity index (χ1) is 13.2. The molecule has 1 aliphatic carbocycles. The molecule has 0 saturated heterocycles. The fourth-order valence-corrected chi connectivity index (χ4v) is 3.06.